The number of hydrogen-bond donors (Lipinski definition) is 2. The quantitative estimate of drug-likeness (QED) is 0.824. The number of amides is 1. The van der Waals surface area contributed by atoms with E-state index in [-0.39, 0.29) is 11.9 Å². The predicted molar refractivity (Wildman–Crippen MR) is 109 cm³/mol. The summed E-state index contributed by atoms with van der Waals surface area (Å²) in [7, 11) is 0. The van der Waals surface area contributed by atoms with Crippen LogP contribution < -0.4 is 15.1 Å². The number of hydrogen-bond acceptors (Lipinski definition) is 3. The molecule has 2 aromatic rings. The van der Waals surface area contributed by atoms with Crippen molar-refractivity contribution >= 4 is 40.5 Å². The number of rotatable bonds is 4. The molecule has 2 aromatic carbocycles. The van der Waals surface area contributed by atoms with E-state index in [1.165, 1.54) is 4.90 Å². The van der Waals surface area contributed by atoms with Crippen LogP contribution in [0.5, 0.6) is 0 Å². The van der Waals surface area contributed by atoms with Gasteiger partial charge in [0.15, 0.2) is 6.04 Å². The summed E-state index contributed by atoms with van der Waals surface area (Å²) in [6, 6.07) is 14.6. The molecule has 0 bridgehead atoms. The molecule has 1 heterocycles. The fourth-order valence-electron chi connectivity index (χ4n) is 3.28. The van der Waals surface area contributed by atoms with Gasteiger partial charge in [-0.2, -0.15) is 5.26 Å². The van der Waals surface area contributed by atoms with Gasteiger partial charge in [-0.05, 0) is 43.3 Å². The number of halogens is 2. The summed E-state index contributed by atoms with van der Waals surface area (Å²) in [6.07, 6.45) is 0. The number of nitrogens with zero attached hydrogens (tertiary/aromatic N) is 2. The third-order valence-corrected chi connectivity index (χ3v) is 5.49. The van der Waals surface area contributed by atoms with E-state index in [1.54, 1.807) is 18.2 Å². The van der Waals surface area contributed by atoms with E-state index in [2.05, 4.69) is 16.3 Å². The lowest BCUT2D eigenvalue weighted by atomic mass is 10.1. The van der Waals surface area contributed by atoms with Crippen molar-refractivity contribution in [2.24, 2.45) is 0 Å². The van der Waals surface area contributed by atoms with Crippen molar-refractivity contribution in [2.45, 2.75) is 13.0 Å². The van der Waals surface area contributed by atoms with Crippen LogP contribution in [0, 0.1) is 11.3 Å². The molecule has 5 nitrogen and oxygen atoms in total. The van der Waals surface area contributed by atoms with Gasteiger partial charge in [0.2, 0.25) is 0 Å². The predicted octanol–water partition coefficient (Wildman–Crippen LogP) is 2.60. The van der Waals surface area contributed by atoms with E-state index in [0.29, 0.717) is 16.3 Å². The van der Waals surface area contributed by atoms with E-state index < -0.39 is 0 Å². The van der Waals surface area contributed by atoms with Crippen molar-refractivity contribution < 1.29 is 9.69 Å². The van der Waals surface area contributed by atoms with Gasteiger partial charge in [0, 0.05) is 16.4 Å². The minimum absolute atomic E-state index is 0.0537. The second-order valence-corrected chi connectivity index (χ2v) is 7.49. The second-order valence-electron chi connectivity index (χ2n) is 6.64. The highest BCUT2D eigenvalue weighted by Gasteiger charge is 2.29. The fraction of sp³-hybridized carbons (Fsp3) is 0.300. The van der Waals surface area contributed by atoms with Crippen molar-refractivity contribution in [1.29, 1.82) is 5.26 Å². The van der Waals surface area contributed by atoms with Gasteiger partial charge in [-0.1, -0.05) is 29.3 Å². The van der Waals surface area contributed by atoms with Gasteiger partial charge in [0.05, 0.1) is 36.8 Å². The van der Waals surface area contributed by atoms with E-state index in [0.717, 1.165) is 36.9 Å². The van der Waals surface area contributed by atoms with Gasteiger partial charge in [-0.15, -0.1) is 0 Å². The SMILES string of the molecule is C[C@@H](C(=O)Nc1ccc(C#N)c(Cl)c1)[NH+]1CCN(c2cccc(Cl)c2)CC1. The normalized spacial score (nSPS) is 15.9. The molecular formula is C20H21Cl2N4O+. The zero-order chi connectivity index (χ0) is 19.4. The number of nitriles is 1. The van der Waals surface area contributed by atoms with E-state index >= 15 is 0 Å². The number of nitrogens with one attached hydrogen (secondary N) is 2. The molecule has 7 heteroatoms. The summed E-state index contributed by atoms with van der Waals surface area (Å²) in [4.78, 5) is 16.1. The Morgan fingerprint density at radius 2 is 1.96 bits per heavy atom. The highest BCUT2D eigenvalue weighted by Crippen LogP contribution is 2.21. The van der Waals surface area contributed by atoms with Crippen LogP contribution in [0.1, 0.15) is 12.5 Å². The van der Waals surface area contributed by atoms with Crippen molar-refractivity contribution in [1.82, 2.24) is 0 Å². The van der Waals surface area contributed by atoms with E-state index in [4.69, 9.17) is 28.5 Å². The average Bonchev–Trinajstić information content (AvgIpc) is 2.67. The molecule has 0 spiro atoms. The number of piperazine rings is 1. The third-order valence-electron chi connectivity index (χ3n) is 4.94. The average molecular weight is 404 g/mol. The van der Waals surface area contributed by atoms with Gasteiger partial charge in [0.1, 0.15) is 6.07 Å². The second kappa shape index (κ2) is 8.62. The maximum atomic E-state index is 12.6. The Morgan fingerprint density at radius 3 is 2.59 bits per heavy atom. The van der Waals surface area contributed by atoms with Gasteiger partial charge < -0.3 is 15.1 Å². The standard InChI is InChI=1S/C20H20Cl2N4O/c1-14(20(27)24-17-6-5-15(13-23)19(22)12-17)25-7-9-26(10-8-25)18-4-2-3-16(21)11-18/h2-6,11-12,14H,7-10H2,1H3,(H,24,27)/p+1/t14-/m0/s1. The number of carbonyl (C=O) groups is 1. The molecule has 0 unspecified atom stereocenters. The van der Waals surface area contributed by atoms with Crippen LogP contribution in [0.25, 0.3) is 0 Å². The molecule has 0 aromatic heterocycles. The van der Waals surface area contributed by atoms with Crippen molar-refractivity contribution in [2.75, 3.05) is 36.4 Å². The molecule has 0 aliphatic carbocycles. The summed E-state index contributed by atoms with van der Waals surface area (Å²) in [5.41, 5.74) is 2.11. The van der Waals surface area contributed by atoms with E-state index in [9.17, 15) is 4.79 Å². The van der Waals surface area contributed by atoms with E-state index in [1.807, 2.05) is 31.2 Å². The molecule has 1 aliphatic heterocycles. The number of anilines is 2. The molecule has 27 heavy (non-hydrogen) atoms. The van der Waals surface area contributed by atoms with Gasteiger partial charge >= 0.3 is 0 Å². The van der Waals surface area contributed by atoms with Crippen LogP contribution in [0.3, 0.4) is 0 Å². The molecule has 0 radical (unpaired) electrons. The van der Waals surface area contributed by atoms with Gasteiger partial charge in [-0.25, -0.2) is 0 Å². The number of benzene rings is 2. The molecule has 0 saturated carbocycles. The van der Waals surface area contributed by atoms with Crippen molar-refractivity contribution in [3.63, 3.8) is 0 Å². The Morgan fingerprint density at radius 1 is 1.22 bits per heavy atom. The highest BCUT2D eigenvalue weighted by atomic mass is 35.5. The third kappa shape index (κ3) is 4.72. The lowest BCUT2D eigenvalue weighted by Gasteiger charge is -2.36. The van der Waals surface area contributed by atoms with Crippen molar-refractivity contribution in [3.05, 3.63) is 58.1 Å². The molecule has 1 fully saturated rings. The minimum atomic E-state index is -0.180. The maximum Gasteiger partial charge on any atom is 0.282 e. The van der Waals surface area contributed by atoms with Crippen LogP contribution in [0.2, 0.25) is 10.0 Å². The lowest BCUT2D eigenvalue weighted by Crippen LogP contribution is -3.19. The zero-order valence-electron chi connectivity index (χ0n) is 15.0. The summed E-state index contributed by atoms with van der Waals surface area (Å²) < 4.78 is 0. The van der Waals surface area contributed by atoms with Crippen LogP contribution in [0.15, 0.2) is 42.5 Å². The molecule has 1 aliphatic rings. The smallest absolute Gasteiger partial charge is 0.282 e. The van der Waals surface area contributed by atoms with Crippen LogP contribution in [0.4, 0.5) is 11.4 Å². The Labute approximate surface area is 169 Å². The Balaban J connectivity index is 1.57. The first-order chi connectivity index (χ1) is 13.0. The first-order valence-electron chi connectivity index (χ1n) is 8.83. The van der Waals surface area contributed by atoms with Gasteiger partial charge in [-0.3, -0.25) is 4.79 Å². The minimum Gasteiger partial charge on any atom is -0.360 e. The van der Waals surface area contributed by atoms with Crippen molar-refractivity contribution in [3.8, 4) is 6.07 Å². The summed E-state index contributed by atoms with van der Waals surface area (Å²) in [5, 5.41) is 12.9. The number of carbonyl (C=O) groups excluding carboxylic acids is 1. The first-order valence-corrected chi connectivity index (χ1v) is 9.59. The Hall–Kier alpha value is -2.26. The highest BCUT2D eigenvalue weighted by molar-refractivity contribution is 6.32. The summed E-state index contributed by atoms with van der Waals surface area (Å²) >= 11 is 12.1. The molecule has 1 atom stereocenters. The largest absolute Gasteiger partial charge is 0.360 e. The topological polar surface area (TPSA) is 60.6 Å². The molecule has 1 amide bonds. The Kier molecular flexibility index (Phi) is 6.22. The fourth-order valence-corrected chi connectivity index (χ4v) is 3.68. The van der Waals surface area contributed by atoms with Gasteiger partial charge in [0.25, 0.3) is 5.91 Å². The lowest BCUT2D eigenvalue weighted by molar-refractivity contribution is -0.914. The number of quaternary nitrogens is 1. The maximum absolute atomic E-state index is 12.6. The molecular weight excluding hydrogens is 383 g/mol. The van der Waals surface area contributed by atoms with Crippen LogP contribution in [-0.2, 0) is 4.79 Å². The zero-order valence-corrected chi connectivity index (χ0v) is 16.5. The molecule has 140 valence electrons. The molecule has 3 rings (SSSR count). The molecule has 2 N–H and O–H groups in total. The first kappa shape index (κ1) is 19.5. The van der Waals surface area contributed by atoms with Crippen LogP contribution in [-0.4, -0.2) is 38.1 Å². The molecule has 1 saturated heterocycles. The summed E-state index contributed by atoms with van der Waals surface area (Å²) in [5.74, 6) is -0.0537. The summed E-state index contributed by atoms with van der Waals surface area (Å²) in [6.45, 7) is 5.42. The Bertz CT molecular complexity index is 873. The monoisotopic (exact) mass is 403 g/mol. The van der Waals surface area contributed by atoms with Crippen LogP contribution >= 0.6 is 23.2 Å².